The van der Waals surface area contributed by atoms with Gasteiger partial charge < -0.3 is 14.6 Å². The van der Waals surface area contributed by atoms with Gasteiger partial charge in [0, 0.05) is 6.54 Å². The fourth-order valence-electron chi connectivity index (χ4n) is 1.82. The summed E-state index contributed by atoms with van der Waals surface area (Å²) in [5, 5.41) is 2.83. The van der Waals surface area contributed by atoms with Crippen LogP contribution >= 0.6 is 0 Å². The Bertz CT molecular complexity index is 458. The minimum absolute atomic E-state index is 0.141. The number of hydrogen-bond donors (Lipinski definition) is 1. The first-order valence-corrected chi connectivity index (χ1v) is 6.94. The van der Waals surface area contributed by atoms with E-state index < -0.39 is 11.7 Å². The molecule has 0 aliphatic rings. The Hall–Kier alpha value is -1.78. The van der Waals surface area contributed by atoms with Gasteiger partial charge in [0.25, 0.3) is 0 Å². The van der Waals surface area contributed by atoms with Gasteiger partial charge in [0.2, 0.25) is 0 Å². The third-order valence-corrected chi connectivity index (χ3v) is 2.69. The van der Waals surface area contributed by atoms with E-state index in [9.17, 15) is 4.79 Å². The number of ether oxygens (including phenoxy) is 1. The van der Waals surface area contributed by atoms with Crippen molar-refractivity contribution in [3.63, 3.8) is 0 Å². The molecule has 0 bridgehead atoms. The van der Waals surface area contributed by atoms with E-state index in [0.717, 1.165) is 18.7 Å². The maximum atomic E-state index is 11.8. The summed E-state index contributed by atoms with van der Waals surface area (Å²) in [5.74, 6) is 0. The van der Waals surface area contributed by atoms with E-state index in [2.05, 4.69) is 16.4 Å². The second-order valence-electron chi connectivity index (χ2n) is 5.74. The number of imidazole rings is 1. The summed E-state index contributed by atoms with van der Waals surface area (Å²) in [4.78, 5) is 15.9. The summed E-state index contributed by atoms with van der Waals surface area (Å²) < 4.78 is 7.30. The molecule has 1 atom stereocenters. The SMILES string of the molecule is C/C=C/CCn1cncc1[C@H](C)NC(=O)OC(C)(C)C. The Morgan fingerprint density at radius 2 is 2.25 bits per heavy atom. The van der Waals surface area contributed by atoms with Crippen molar-refractivity contribution in [2.75, 3.05) is 0 Å². The van der Waals surface area contributed by atoms with Gasteiger partial charge in [-0.05, 0) is 41.0 Å². The second-order valence-corrected chi connectivity index (χ2v) is 5.74. The molecule has 0 unspecified atom stereocenters. The summed E-state index contributed by atoms with van der Waals surface area (Å²) in [6, 6.07) is -0.141. The first-order valence-electron chi connectivity index (χ1n) is 6.94. The Balaban J connectivity index is 2.61. The van der Waals surface area contributed by atoms with Gasteiger partial charge in [-0.1, -0.05) is 12.2 Å². The molecule has 1 rings (SSSR count). The molecule has 1 aromatic rings. The summed E-state index contributed by atoms with van der Waals surface area (Å²) in [6.45, 7) is 10.3. The molecule has 0 aromatic carbocycles. The zero-order valence-corrected chi connectivity index (χ0v) is 13.0. The van der Waals surface area contributed by atoms with Gasteiger partial charge >= 0.3 is 6.09 Å². The third-order valence-electron chi connectivity index (χ3n) is 2.69. The van der Waals surface area contributed by atoms with Gasteiger partial charge in [-0.3, -0.25) is 0 Å². The number of hydrogen-bond acceptors (Lipinski definition) is 3. The summed E-state index contributed by atoms with van der Waals surface area (Å²) in [5.41, 5.74) is 0.482. The van der Waals surface area contributed by atoms with Crippen molar-refractivity contribution in [1.29, 1.82) is 0 Å². The number of amides is 1. The van der Waals surface area contributed by atoms with E-state index in [0.29, 0.717) is 0 Å². The largest absolute Gasteiger partial charge is 0.444 e. The summed E-state index contributed by atoms with van der Waals surface area (Å²) >= 11 is 0. The zero-order chi connectivity index (χ0) is 15.2. The van der Waals surface area contributed by atoms with Gasteiger partial charge in [0.1, 0.15) is 5.60 Å². The lowest BCUT2D eigenvalue weighted by Crippen LogP contribution is -2.34. The summed E-state index contributed by atoms with van der Waals surface area (Å²) in [7, 11) is 0. The van der Waals surface area contributed by atoms with Crippen LogP contribution in [0.25, 0.3) is 0 Å². The molecule has 1 heterocycles. The lowest BCUT2D eigenvalue weighted by Gasteiger charge is -2.22. The molecule has 0 saturated carbocycles. The highest BCUT2D eigenvalue weighted by atomic mass is 16.6. The number of allylic oxidation sites excluding steroid dienone is 2. The predicted octanol–water partition coefficient (Wildman–Crippen LogP) is 3.44. The van der Waals surface area contributed by atoms with Crippen molar-refractivity contribution < 1.29 is 9.53 Å². The molecule has 0 aliphatic heterocycles. The van der Waals surface area contributed by atoms with E-state index in [1.807, 2.05) is 45.3 Å². The minimum atomic E-state index is -0.490. The number of alkyl carbamates (subject to hydrolysis) is 1. The molecule has 112 valence electrons. The summed E-state index contributed by atoms with van der Waals surface area (Å²) in [6.07, 6.45) is 8.23. The van der Waals surface area contributed by atoms with E-state index in [-0.39, 0.29) is 6.04 Å². The minimum Gasteiger partial charge on any atom is -0.444 e. The van der Waals surface area contributed by atoms with E-state index in [1.54, 1.807) is 12.5 Å². The number of rotatable bonds is 5. The van der Waals surface area contributed by atoms with Crippen LogP contribution in [0.15, 0.2) is 24.7 Å². The molecule has 0 spiro atoms. The van der Waals surface area contributed by atoms with Crippen molar-refractivity contribution >= 4 is 6.09 Å². The third kappa shape index (κ3) is 5.47. The normalized spacial score (nSPS) is 13.4. The van der Waals surface area contributed by atoms with Gasteiger partial charge in [0.05, 0.1) is 24.3 Å². The quantitative estimate of drug-likeness (QED) is 0.840. The molecule has 0 aliphatic carbocycles. The molecular weight excluding hydrogens is 254 g/mol. The van der Waals surface area contributed by atoms with Crippen LogP contribution in [0.4, 0.5) is 4.79 Å². The topological polar surface area (TPSA) is 56.2 Å². The standard InChI is InChI=1S/C15H25N3O2/c1-6-7-8-9-18-11-16-10-13(18)12(2)17-14(19)20-15(3,4)5/h6-7,10-12H,8-9H2,1-5H3,(H,17,19)/b7-6+/t12-/m0/s1. The maximum absolute atomic E-state index is 11.8. The monoisotopic (exact) mass is 279 g/mol. The van der Waals surface area contributed by atoms with Gasteiger partial charge in [-0.25, -0.2) is 9.78 Å². The Morgan fingerprint density at radius 3 is 2.85 bits per heavy atom. The molecule has 1 aromatic heterocycles. The Kier molecular flexibility index (Phi) is 5.80. The highest BCUT2D eigenvalue weighted by molar-refractivity contribution is 5.68. The fraction of sp³-hybridized carbons (Fsp3) is 0.600. The Morgan fingerprint density at radius 1 is 1.55 bits per heavy atom. The van der Waals surface area contributed by atoms with E-state index >= 15 is 0 Å². The molecule has 1 N–H and O–H groups in total. The lowest BCUT2D eigenvalue weighted by atomic mass is 10.2. The van der Waals surface area contributed by atoms with Gasteiger partial charge in [-0.15, -0.1) is 0 Å². The van der Waals surface area contributed by atoms with Crippen molar-refractivity contribution in [2.24, 2.45) is 0 Å². The van der Waals surface area contributed by atoms with E-state index in [1.165, 1.54) is 0 Å². The molecular formula is C15H25N3O2. The van der Waals surface area contributed by atoms with Crippen LogP contribution in [0.2, 0.25) is 0 Å². The average Bonchev–Trinajstić information content (AvgIpc) is 2.75. The number of aromatic nitrogens is 2. The molecule has 1 amide bonds. The fourth-order valence-corrected chi connectivity index (χ4v) is 1.82. The van der Waals surface area contributed by atoms with Crippen LogP contribution in [0, 0.1) is 0 Å². The highest BCUT2D eigenvalue weighted by Gasteiger charge is 2.19. The van der Waals surface area contributed by atoms with Crippen LogP contribution in [0.5, 0.6) is 0 Å². The number of carbonyl (C=O) groups excluding carboxylic acids is 1. The molecule has 5 heteroatoms. The van der Waals surface area contributed by atoms with Gasteiger partial charge in [-0.2, -0.15) is 0 Å². The van der Waals surface area contributed by atoms with Crippen molar-refractivity contribution in [3.8, 4) is 0 Å². The highest BCUT2D eigenvalue weighted by Crippen LogP contribution is 2.14. The van der Waals surface area contributed by atoms with Crippen LogP contribution in [-0.4, -0.2) is 21.2 Å². The number of aryl methyl sites for hydroxylation is 1. The van der Waals surface area contributed by atoms with Crippen LogP contribution in [0.3, 0.4) is 0 Å². The zero-order valence-electron chi connectivity index (χ0n) is 13.0. The maximum Gasteiger partial charge on any atom is 0.408 e. The average molecular weight is 279 g/mol. The first-order chi connectivity index (χ1) is 9.33. The van der Waals surface area contributed by atoms with Crippen LogP contribution < -0.4 is 5.32 Å². The number of nitrogens with one attached hydrogen (secondary N) is 1. The molecule has 0 fully saturated rings. The predicted molar refractivity (Wildman–Crippen MR) is 79.4 cm³/mol. The molecule has 20 heavy (non-hydrogen) atoms. The van der Waals surface area contributed by atoms with Gasteiger partial charge in [0.15, 0.2) is 0 Å². The Labute approximate surface area is 121 Å². The van der Waals surface area contributed by atoms with Crippen molar-refractivity contribution in [1.82, 2.24) is 14.9 Å². The van der Waals surface area contributed by atoms with Crippen LogP contribution in [-0.2, 0) is 11.3 Å². The van der Waals surface area contributed by atoms with E-state index in [4.69, 9.17) is 4.74 Å². The van der Waals surface area contributed by atoms with Crippen molar-refractivity contribution in [3.05, 3.63) is 30.4 Å². The smallest absolute Gasteiger partial charge is 0.408 e. The first kappa shape index (κ1) is 16.3. The molecule has 0 saturated heterocycles. The number of nitrogens with zero attached hydrogens (tertiary/aromatic N) is 2. The van der Waals surface area contributed by atoms with Crippen LogP contribution in [0.1, 0.15) is 52.8 Å². The molecule has 5 nitrogen and oxygen atoms in total. The lowest BCUT2D eigenvalue weighted by molar-refractivity contribution is 0.0506. The second kappa shape index (κ2) is 7.12. The molecule has 0 radical (unpaired) electrons. The number of carbonyl (C=O) groups is 1. The van der Waals surface area contributed by atoms with Crippen molar-refractivity contribution in [2.45, 2.75) is 59.2 Å².